The van der Waals surface area contributed by atoms with Crippen LogP contribution in [0.25, 0.3) is 17.1 Å². The summed E-state index contributed by atoms with van der Waals surface area (Å²) in [5.41, 5.74) is 2.15. The van der Waals surface area contributed by atoms with Crippen LogP contribution in [0.5, 0.6) is 6.01 Å². The summed E-state index contributed by atoms with van der Waals surface area (Å²) in [5.74, 6) is 0.0669. The van der Waals surface area contributed by atoms with Gasteiger partial charge in [0.25, 0.3) is 0 Å². The van der Waals surface area contributed by atoms with E-state index in [2.05, 4.69) is 15.4 Å². The number of ether oxygens (including phenoxy) is 1. The Morgan fingerprint density at radius 2 is 1.68 bits per heavy atom. The summed E-state index contributed by atoms with van der Waals surface area (Å²) in [6.07, 6.45) is -0.0782. The summed E-state index contributed by atoms with van der Waals surface area (Å²) < 4.78 is 20.6. The van der Waals surface area contributed by atoms with Crippen LogP contribution in [0.2, 0.25) is 0 Å². The van der Waals surface area contributed by atoms with Crippen molar-refractivity contribution in [3.05, 3.63) is 54.3 Å². The quantitative estimate of drug-likeness (QED) is 0.684. The van der Waals surface area contributed by atoms with Gasteiger partial charge in [-0.1, -0.05) is 13.8 Å². The minimum atomic E-state index is -0.321. The molecular weight excluding hydrogens is 359 g/mol. The van der Waals surface area contributed by atoms with Gasteiger partial charge in [0, 0.05) is 17.2 Å². The van der Waals surface area contributed by atoms with Crippen LogP contribution in [0.4, 0.5) is 10.1 Å². The Hall–Kier alpha value is -3.22. The van der Waals surface area contributed by atoms with Crippen LogP contribution in [0.1, 0.15) is 27.7 Å². The first-order chi connectivity index (χ1) is 13.3. The third-order valence-corrected chi connectivity index (χ3v) is 3.94. The van der Waals surface area contributed by atoms with Crippen LogP contribution < -0.4 is 10.1 Å². The molecule has 28 heavy (non-hydrogen) atoms. The molecule has 146 valence electrons. The molecule has 0 atom stereocenters. The molecule has 0 spiro atoms. The summed E-state index contributed by atoms with van der Waals surface area (Å²) in [5, 5.41) is 7.29. The average Bonchev–Trinajstić information content (AvgIpc) is 3.05. The van der Waals surface area contributed by atoms with Crippen molar-refractivity contribution in [1.29, 1.82) is 0 Å². The zero-order valence-corrected chi connectivity index (χ0v) is 16.3. The summed E-state index contributed by atoms with van der Waals surface area (Å²) in [7, 11) is 0. The van der Waals surface area contributed by atoms with Crippen molar-refractivity contribution < 1.29 is 13.9 Å². The molecule has 3 rings (SSSR count). The highest BCUT2D eigenvalue weighted by atomic mass is 19.1. The standard InChI is InChI=1S/C21H23FN4O2/c1-13(2)20(27)23-17-9-11-18(12-10-17)26-19(15-5-7-16(22)8-6-15)24-21(25-26)28-14(3)4/h5-14H,1-4H3,(H,23,27). The number of carbonyl (C=O) groups is 1. The van der Waals surface area contributed by atoms with Crippen molar-refractivity contribution in [3.63, 3.8) is 0 Å². The SMILES string of the molecule is CC(C)Oc1nc(-c2ccc(F)cc2)n(-c2ccc(NC(=O)C(C)C)cc2)n1. The zero-order chi connectivity index (χ0) is 20.3. The van der Waals surface area contributed by atoms with Gasteiger partial charge in [-0.15, -0.1) is 5.10 Å². The predicted octanol–water partition coefficient (Wildman–Crippen LogP) is 4.46. The molecule has 1 aromatic heterocycles. The molecule has 0 fully saturated rings. The van der Waals surface area contributed by atoms with Crippen molar-refractivity contribution >= 4 is 11.6 Å². The Bertz CT molecular complexity index is 948. The highest BCUT2D eigenvalue weighted by Crippen LogP contribution is 2.25. The van der Waals surface area contributed by atoms with Crippen molar-refractivity contribution in [2.45, 2.75) is 33.8 Å². The number of hydrogen-bond acceptors (Lipinski definition) is 4. The Kier molecular flexibility index (Phi) is 5.73. The molecule has 0 aliphatic rings. The third-order valence-electron chi connectivity index (χ3n) is 3.94. The molecule has 1 N–H and O–H groups in total. The Morgan fingerprint density at radius 3 is 2.25 bits per heavy atom. The minimum Gasteiger partial charge on any atom is -0.460 e. The van der Waals surface area contributed by atoms with Crippen LogP contribution in [0, 0.1) is 11.7 Å². The maximum Gasteiger partial charge on any atom is 0.336 e. The fourth-order valence-electron chi connectivity index (χ4n) is 2.49. The monoisotopic (exact) mass is 382 g/mol. The van der Waals surface area contributed by atoms with E-state index < -0.39 is 0 Å². The van der Waals surface area contributed by atoms with E-state index in [0.717, 1.165) is 5.69 Å². The highest BCUT2D eigenvalue weighted by Gasteiger charge is 2.16. The number of nitrogens with zero attached hydrogens (tertiary/aromatic N) is 3. The molecule has 0 saturated heterocycles. The van der Waals surface area contributed by atoms with Crippen LogP contribution in [-0.2, 0) is 4.79 Å². The van der Waals surface area contributed by atoms with Gasteiger partial charge >= 0.3 is 6.01 Å². The second kappa shape index (κ2) is 8.21. The lowest BCUT2D eigenvalue weighted by molar-refractivity contribution is -0.118. The van der Waals surface area contributed by atoms with Crippen LogP contribution in [-0.4, -0.2) is 26.8 Å². The highest BCUT2D eigenvalue weighted by molar-refractivity contribution is 5.92. The fraction of sp³-hybridized carbons (Fsp3) is 0.286. The van der Waals surface area contributed by atoms with Crippen LogP contribution in [0.3, 0.4) is 0 Å². The van der Waals surface area contributed by atoms with Gasteiger partial charge in [-0.3, -0.25) is 4.79 Å². The van der Waals surface area contributed by atoms with Crippen LogP contribution in [0.15, 0.2) is 48.5 Å². The summed E-state index contributed by atoms with van der Waals surface area (Å²) in [6, 6.07) is 13.5. The van der Waals surface area contributed by atoms with Crippen molar-refractivity contribution in [2.24, 2.45) is 5.92 Å². The smallest absolute Gasteiger partial charge is 0.336 e. The first-order valence-electron chi connectivity index (χ1n) is 9.14. The summed E-state index contributed by atoms with van der Waals surface area (Å²) >= 11 is 0. The molecule has 0 saturated carbocycles. The number of benzene rings is 2. The third kappa shape index (κ3) is 4.54. The van der Waals surface area contributed by atoms with Gasteiger partial charge in [-0.25, -0.2) is 9.07 Å². The Balaban J connectivity index is 1.96. The van der Waals surface area contributed by atoms with Crippen molar-refractivity contribution in [2.75, 3.05) is 5.32 Å². The molecule has 0 aliphatic heterocycles. The lowest BCUT2D eigenvalue weighted by Gasteiger charge is -2.09. The molecule has 0 unspecified atom stereocenters. The lowest BCUT2D eigenvalue weighted by Crippen LogP contribution is -2.17. The number of anilines is 1. The van der Waals surface area contributed by atoms with Gasteiger partial charge < -0.3 is 10.1 Å². The molecule has 0 aliphatic carbocycles. The zero-order valence-electron chi connectivity index (χ0n) is 16.3. The van der Waals surface area contributed by atoms with Gasteiger partial charge in [-0.2, -0.15) is 4.98 Å². The number of aromatic nitrogens is 3. The Morgan fingerprint density at radius 1 is 1.04 bits per heavy atom. The predicted molar refractivity (Wildman–Crippen MR) is 106 cm³/mol. The molecule has 0 radical (unpaired) electrons. The molecular formula is C21H23FN4O2. The second-order valence-corrected chi connectivity index (χ2v) is 6.99. The van der Waals surface area contributed by atoms with E-state index in [-0.39, 0.29) is 29.8 Å². The molecule has 1 amide bonds. The Labute approximate surface area is 163 Å². The molecule has 6 nitrogen and oxygen atoms in total. The van der Waals surface area contributed by atoms with E-state index >= 15 is 0 Å². The number of carbonyl (C=O) groups excluding carboxylic acids is 1. The number of amides is 1. The molecule has 1 heterocycles. The number of halogens is 1. The molecule has 2 aromatic carbocycles. The first-order valence-corrected chi connectivity index (χ1v) is 9.14. The van der Waals surface area contributed by atoms with Gasteiger partial charge in [0.15, 0.2) is 5.82 Å². The lowest BCUT2D eigenvalue weighted by atomic mass is 10.2. The largest absolute Gasteiger partial charge is 0.460 e. The summed E-state index contributed by atoms with van der Waals surface area (Å²) in [6.45, 7) is 7.46. The van der Waals surface area contributed by atoms with E-state index in [0.29, 0.717) is 17.1 Å². The van der Waals surface area contributed by atoms with Gasteiger partial charge in [0.1, 0.15) is 5.82 Å². The first kappa shape index (κ1) is 19.5. The average molecular weight is 382 g/mol. The maximum atomic E-state index is 13.3. The van der Waals surface area contributed by atoms with E-state index in [9.17, 15) is 9.18 Å². The van der Waals surface area contributed by atoms with E-state index in [1.54, 1.807) is 28.9 Å². The van der Waals surface area contributed by atoms with Gasteiger partial charge in [0.2, 0.25) is 5.91 Å². The van der Waals surface area contributed by atoms with Gasteiger partial charge in [-0.05, 0) is 62.4 Å². The normalized spacial score (nSPS) is 11.1. The van der Waals surface area contributed by atoms with Gasteiger partial charge in [0.05, 0.1) is 11.8 Å². The molecule has 0 bridgehead atoms. The molecule has 3 aromatic rings. The summed E-state index contributed by atoms with van der Waals surface area (Å²) in [4.78, 5) is 16.3. The number of rotatable bonds is 6. The minimum absolute atomic E-state index is 0.0480. The number of nitrogens with one attached hydrogen (secondary N) is 1. The second-order valence-electron chi connectivity index (χ2n) is 6.99. The van der Waals surface area contributed by atoms with E-state index in [1.165, 1.54) is 12.1 Å². The topological polar surface area (TPSA) is 69.0 Å². The fourth-order valence-corrected chi connectivity index (χ4v) is 2.49. The number of hydrogen-bond donors (Lipinski definition) is 1. The van der Waals surface area contributed by atoms with E-state index in [1.807, 2.05) is 39.8 Å². The molecule has 7 heteroatoms. The van der Waals surface area contributed by atoms with E-state index in [4.69, 9.17) is 4.74 Å². The van der Waals surface area contributed by atoms with Crippen molar-refractivity contribution in [1.82, 2.24) is 14.8 Å². The van der Waals surface area contributed by atoms with Crippen LogP contribution >= 0.6 is 0 Å². The van der Waals surface area contributed by atoms with Crippen molar-refractivity contribution in [3.8, 4) is 23.1 Å². The maximum absolute atomic E-state index is 13.3.